The molecule has 9 heteroatoms. The zero-order valence-corrected chi connectivity index (χ0v) is 18.6. The zero-order chi connectivity index (χ0) is 23.2. The third-order valence-electron chi connectivity index (χ3n) is 5.30. The molecule has 0 bridgehead atoms. The number of nitrogens with one attached hydrogen (secondary N) is 1. The minimum absolute atomic E-state index is 0.00134. The molecule has 2 aromatic carbocycles. The minimum Gasteiger partial charge on any atom is -0.497 e. The Hall–Kier alpha value is -4.01. The fourth-order valence-corrected chi connectivity index (χ4v) is 3.63. The minimum atomic E-state index is -0.184. The Balaban J connectivity index is 1.57. The van der Waals surface area contributed by atoms with Crippen LogP contribution in [0.25, 0.3) is 0 Å². The van der Waals surface area contributed by atoms with E-state index in [1.807, 2.05) is 53.4 Å². The van der Waals surface area contributed by atoms with Crippen molar-refractivity contribution in [3.05, 3.63) is 71.6 Å². The van der Waals surface area contributed by atoms with Gasteiger partial charge in [0.25, 0.3) is 6.01 Å². The zero-order valence-electron chi connectivity index (χ0n) is 18.6. The standard InChI is InChI=1S/C24H26N4O5/c1-31-20-7-3-5-17(9-20)12-28(13-18-6-4-8-21(10-18)32-2)24-26-19(16-33-24)14-27-15-22(29)25-11-23(27)30/h3-10,16H,11-15H2,1-2H3,(H,25,29). The number of ether oxygens (including phenoxy) is 2. The lowest BCUT2D eigenvalue weighted by atomic mass is 10.1. The van der Waals surface area contributed by atoms with E-state index in [1.54, 1.807) is 14.2 Å². The number of hydrogen-bond acceptors (Lipinski definition) is 7. The van der Waals surface area contributed by atoms with E-state index in [2.05, 4.69) is 10.3 Å². The molecule has 2 amide bonds. The van der Waals surface area contributed by atoms with Crippen molar-refractivity contribution < 1.29 is 23.5 Å². The monoisotopic (exact) mass is 450 g/mol. The van der Waals surface area contributed by atoms with Crippen LogP contribution in [0.5, 0.6) is 11.5 Å². The second-order valence-electron chi connectivity index (χ2n) is 7.71. The molecule has 1 aliphatic heterocycles. The summed E-state index contributed by atoms with van der Waals surface area (Å²) in [5, 5.41) is 2.54. The van der Waals surface area contributed by atoms with Gasteiger partial charge in [-0.05, 0) is 35.4 Å². The lowest BCUT2D eigenvalue weighted by Crippen LogP contribution is -2.51. The first-order chi connectivity index (χ1) is 16.0. The molecular weight excluding hydrogens is 424 g/mol. The van der Waals surface area contributed by atoms with Crippen LogP contribution in [-0.4, -0.2) is 49.0 Å². The summed E-state index contributed by atoms with van der Waals surface area (Å²) in [4.78, 5) is 31.8. The molecule has 0 atom stereocenters. The Morgan fingerprint density at radius 3 is 2.27 bits per heavy atom. The maximum atomic E-state index is 12.1. The number of piperazine rings is 1. The van der Waals surface area contributed by atoms with Crippen molar-refractivity contribution in [1.29, 1.82) is 0 Å². The first-order valence-corrected chi connectivity index (χ1v) is 10.5. The quantitative estimate of drug-likeness (QED) is 0.535. The van der Waals surface area contributed by atoms with Gasteiger partial charge in [0.1, 0.15) is 23.5 Å². The molecule has 0 spiro atoms. The second kappa shape index (κ2) is 10.1. The van der Waals surface area contributed by atoms with Crippen molar-refractivity contribution >= 4 is 17.8 Å². The molecule has 1 aliphatic rings. The van der Waals surface area contributed by atoms with Crippen molar-refractivity contribution in [3.63, 3.8) is 0 Å². The number of hydrogen-bond donors (Lipinski definition) is 1. The molecule has 0 saturated carbocycles. The SMILES string of the molecule is COc1cccc(CN(Cc2cccc(OC)c2)c2nc(CN3CC(=O)NCC3=O)co2)c1. The number of amides is 2. The molecule has 1 saturated heterocycles. The third kappa shape index (κ3) is 5.62. The molecule has 0 radical (unpaired) electrons. The Morgan fingerprint density at radius 2 is 1.67 bits per heavy atom. The number of benzene rings is 2. The van der Waals surface area contributed by atoms with Crippen LogP contribution in [0.4, 0.5) is 6.01 Å². The summed E-state index contributed by atoms with van der Waals surface area (Å²) in [5.74, 6) is 1.20. The van der Waals surface area contributed by atoms with Gasteiger partial charge in [-0.25, -0.2) is 0 Å². The van der Waals surface area contributed by atoms with E-state index in [-0.39, 0.29) is 31.4 Å². The van der Waals surface area contributed by atoms with Crippen LogP contribution in [-0.2, 0) is 29.2 Å². The van der Waals surface area contributed by atoms with Crippen molar-refractivity contribution in [2.75, 3.05) is 32.2 Å². The Bertz CT molecular complexity index is 1080. The number of methoxy groups -OCH3 is 2. The lowest BCUT2D eigenvalue weighted by molar-refractivity contribution is -0.141. The van der Waals surface area contributed by atoms with Gasteiger partial charge in [0.2, 0.25) is 11.8 Å². The largest absolute Gasteiger partial charge is 0.497 e. The molecule has 3 aromatic rings. The smallest absolute Gasteiger partial charge is 0.298 e. The van der Waals surface area contributed by atoms with E-state index >= 15 is 0 Å². The molecular formula is C24H26N4O5. The summed E-state index contributed by atoms with van der Waals surface area (Å²) in [5.41, 5.74) is 2.63. The Morgan fingerprint density at radius 1 is 1.03 bits per heavy atom. The second-order valence-corrected chi connectivity index (χ2v) is 7.71. The Labute approximate surface area is 191 Å². The highest BCUT2D eigenvalue weighted by molar-refractivity contribution is 5.92. The molecule has 1 N–H and O–H groups in total. The normalized spacial score (nSPS) is 13.6. The fourth-order valence-electron chi connectivity index (χ4n) is 3.63. The lowest BCUT2D eigenvalue weighted by Gasteiger charge is -2.25. The first kappa shape index (κ1) is 22.2. The van der Waals surface area contributed by atoms with Crippen molar-refractivity contribution in [1.82, 2.24) is 15.2 Å². The van der Waals surface area contributed by atoms with Crippen LogP contribution in [0.3, 0.4) is 0 Å². The van der Waals surface area contributed by atoms with Gasteiger partial charge in [-0.1, -0.05) is 24.3 Å². The van der Waals surface area contributed by atoms with Gasteiger partial charge in [0.05, 0.1) is 33.9 Å². The summed E-state index contributed by atoms with van der Waals surface area (Å²) in [6.45, 7) is 1.28. The van der Waals surface area contributed by atoms with E-state index < -0.39 is 0 Å². The van der Waals surface area contributed by atoms with E-state index in [0.717, 1.165) is 22.6 Å². The molecule has 172 valence electrons. The molecule has 33 heavy (non-hydrogen) atoms. The molecule has 1 aromatic heterocycles. The van der Waals surface area contributed by atoms with Gasteiger partial charge in [-0.3, -0.25) is 9.59 Å². The van der Waals surface area contributed by atoms with Gasteiger partial charge in [0.15, 0.2) is 0 Å². The highest BCUT2D eigenvalue weighted by Crippen LogP contribution is 2.24. The fraction of sp³-hybridized carbons (Fsp3) is 0.292. The number of carbonyl (C=O) groups excluding carboxylic acids is 2. The summed E-state index contributed by atoms with van der Waals surface area (Å²) in [6, 6.07) is 16.0. The highest BCUT2D eigenvalue weighted by atomic mass is 16.5. The average Bonchev–Trinajstić information content (AvgIpc) is 3.30. The molecule has 1 fully saturated rings. The molecule has 9 nitrogen and oxygen atoms in total. The third-order valence-corrected chi connectivity index (χ3v) is 5.30. The van der Waals surface area contributed by atoms with Gasteiger partial charge < -0.3 is 29.0 Å². The number of carbonyl (C=O) groups is 2. The van der Waals surface area contributed by atoms with Gasteiger partial charge in [-0.2, -0.15) is 4.98 Å². The number of oxazole rings is 1. The van der Waals surface area contributed by atoms with Gasteiger partial charge >= 0.3 is 0 Å². The topological polar surface area (TPSA) is 97.1 Å². The summed E-state index contributed by atoms with van der Waals surface area (Å²) in [6.07, 6.45) is 1.53. The van der Waals surface area contributed by atoms with Crippen LogP contribution >= 0.6 is 0 Å². The number of nitrogens with zero attached hydrogens (tertiary/aromatic N) is 3. The van der Waals surface area contributed by atoms with E-state index in [4.69, 9.17) is 13.9 Å². The predicted octanol–water partition coefficient (Wildman–Crippen LogP) is 2.36. The van der Waals surface area contributed by atoms with Gasteiger partial charge in [-0.15, -0.1) is 0 Å². The van der Waals surface area contributed by atoms with Crippen LogP contribution in [0.1, 0.15) is 16.8 Å². The molecule has 2 heterocycles. The highest BCUT2D eigenvalue weighted by Gasteiger charge is 2.24. The van der Waals surface area contributed by atoms with Gasteiger partial charge in [0, 0.05) is 13.1 Å². The van der Waals surface area contributed by atoms with E-state index in [1.165, 1.54) is 11.2 Å². The molecule has 0 aliphatic carbocycles. The van der Waals surface area contributed by atoms with Crippen molar-refractivity contribution in [2.45, 2.75) is 19.6 Å². The van der Waals surface area contributed by atoms with Crippen LogP contribution in [0.15, 0.2) is 59.2 Å². The number of rotatable bonds is 9. The average molecular weight is 450 g/mol. The summed E-state index contributed by atoms with van der Waals surface area (Å²) >= 11 is 0. The first-order valence-electron chi connectivity index (χ1n) is 10.5. The molecule has 4 rings (SSSR count). The number of aromatic nitrogens is 1. The summed E-state index contributed by atoms with van der Waals surface area (Å²) < 4.78 is 16.5. The van der Waals surface area contributed by atoms with E-state index in [9.17, 15) is 9.59 Å². The number of anilines is 1. The summed E-state index contributed by atoms with van der Waals surface area (Å²) in [7, 11) is 3.27. The maximum absolute atomic E-state index is 12.1. The molecule has 0 unspecified atom stereocenters. The van der Waals surface area contributed by atoms with Crippen LogP contribution in [0, 0.1) is 0 Å². The maximum Gasteiger partial charge on any atom is 0.298 e. The van der Waals surface area contributed by atoms with Crippen LogP contribution < -0.4 is 19.7 Å². The Kier molecular flexibility index (Phi) is 6.77. The van der Waals surface area contributed by atoms with Crippen LogP contribution in [0.2, 0.25) is 0 Å². The van der Waals surface area contributed by atoms with Crippen molar-refractivity contribution in [3.8, 4) is 11.5 Å². The predicted molar refractivity (Wildman–Crippen MR) is 121 cm³/mol. The van der Waals surface area contributed by atoms with E-state index in [0.29, 0.717) is 24.8 Å². The van der Waals surface area contributed by atoms with Crippen molar-refractivity contribution in [2.24, 2.45) is 0 Å².